The monoisotopic (exact) mass is 236 g/mol. The number of hydrogen-bond donors (Lipinski definition) is 1. The maximum atomic E-state index is 5.25. The maximum Gasteiger partial charge on any atom is 0.0633 e. The molecule has 0 aliphatic rings. The van der Waals surface area contributed by atoms with Gasteiger partial charge in [0.2, 0.25) is 0 Å². The van der Waals surface area contributed by atoms with E-state index in [1.165, 1.54) is 5.69 Å². The van der Waals surface area contributed by atoms with Crippen molar-refractivity contribution in [2.45, 2.75) is 19.4 Å². The van der Waals surface area contributed by atoms with Crippen LogP contribution in [0.3, 0.4) is 0 Å². The molecule has 0 aliphatic carbocycles. The van der Waals surface area contributed by atoms with Gasteiger partial charge >= 0.3 is 0 Å². The van der Waals surface area contributed by atoms with Gasteiger partial charge < -0.3 is 15.0 Å². The van der Waals surface area contributed by atoms with Crippen molar-refractivity contribution in [1.82, 2.24) is 5.32 Å². The average Bonchev–Trinajstić information content (AvgIpc) is 2.37. The van der Waals surface area contributed by atoms with Gasteiger partial charge in [-0.15, -0.1) is 0 Å². The second-order valence-corrected chi connectivity index (χ2v) is 4.32. The summed E-state index contributed by atoms with van der Waals surface area (Å²) in [6.45, 7) is 4.92. The summed E-state index contributed by atoms with van der Waals surface area (Å²) in [5.74, 6) is 0. The summed E-state index contributed by atoms with van der Waals surface area (Å²) in [4.78, 5) is 2.26. The van der Waals surface area contributed by atoms with E-state index in [9.17, 15) is 0 Å². The molecule has 96 valence electrons. The Morgan fingerprint density at radius 3 is 2.59 bits per heavy atom. The van der Waals surface area contributed by atoms with Gasteiger partial charge in [-0.05, 0) is 25.1 Å². The topological polar surface area (TPSA) is 24.5 Å². The van der Waals surface area contributed by atoms with E-state index in [4.69, 9.17) is 4.74 Å². The molecule has 0 radical (unpaired) electrons. The van der Waals surface area contributed by atoms with Crippen LogP contribution in [0.4, 0.5) is 5.69 Å². The standard InChI is InChI=1S/C14H24N2O/c1-4-10-15-13(12-17-3)11-16(2)14-8-6-5-7-9-14/h5-9,13,15H,4,10-12H2,1-3H3. The fourth-order valence-electron chi connectivity index (χ4n) is 1.84. The highest BCUT2D eigenvalue weighted by Gasteiger charge is 2.10. The highest BCUT2D eigenvalue weighted by molar-refractivity contribution is 5.45. The van der Waals surface area contributed by atoms with Crippen molar-refractivity contribution < 1.29 is 4.74 Å². The molecule has 1 aromatic rings. The minimum atomic E-state index is 0.380. The molecule has 3 nitrogen and oxygen atoms in total. The predicted octanol–water partition coefficient (Wildman–Crippen LogP) is 2.14. The quantitative estimate of drug-likeness (QED) is 0.748. The molecule has 0 bridgehead atoms. The van der Waals surface area contributed by atoms with Gasteiger partial charge in [0.15, 0.2) is 0 Å². The summed E-state index contributed by atoms with van der Waals surface area (Å²) in [6, 6.07) is 10.8. The van der Waals surface area contributed by atoms with Crippen LogP contribution in [0.5, 0.6) is 0 Å². The Bertz CT molecular complexity index is 290. The van der Waals surface area contributed by atoms with E-state index in [2.05, 4.69) is 48.5 Å². The molecule has 17 heavy (non-hydrogen) atoms. The van der Waals surface area contributed by atoms with Gasteiger partial charge in [-0.1, -0.05) is 25.1 Å². The van der Waals surface area contributed by atoms with Gasteiger partial charge in [0, 0.05) is 32.4 Å². The SMILES string of the molecule is CCCNC(COC)CN(C)c1ccccc1. The molecule has 1 N–H and O–H groups in total. The van der Waals surface area contributed by atoms with E-state index in [0.717, 1.165) is 26.1 Å². The zero-order chi connectivity index (χ0) is 12.5. The second kappa shape index (κ2) is 8.09. The van der Waals surface area contributed by atoms with Crippen molar-refractivity contribution in [1.29, 1.82) is 0 Å². The zero-order valence-electron chi connectivity index (χ0n) is 11.1. The number of methoxy groups -OCH3 is 1. The summed E-state index contributed by atoms with van der Waals surface area (Å²) in [7, 11) is 3.87. The van der Waals surface area contributed by atoms with E-state index in [-0.39, 0.29) is 0 Å². The molecule has 1 aromatic carbocycles. The van der Waals surface area contributed by atoms with Crippen LogP contribution in [-0.2, 0) is 4.74 Å². The van der Waals surface area contributed by atoms with E-state index >= 15 is 0 Å². The van der Waals surface area contributed by atoms with Crippen LogP contribution in [0, 0.1) is 0 Å². The van der Waals surface area contributed by atoms with Crippen molar-refractivity contribution in [2.75, 3.05) is 38.8 Å². The molecule has 0 amide bonds. The third-order valence-electron chi connectivity index (χ3n) is 2.74. The Kier molecular flexibility index (Phi) is 6.67. The Morgan fingerprint density at radius 2 is 2.00 bits per heavy atom. The van der Waals surface area contributed by atoms with Crippen LogP contribution in [0.1, 0.15) is 13.3 Å². The first-order chi connectivity index (χ1) is 8.27. The summed E-state index contributed by atoms with van der Waals surface area (Å²) in [5, 5.41) is 3.50. The Balaban J connectivity index is 2.48. The number of likely N-dealkylation sites (N-methyl/N-ethyl adjacent to an activating group) is 1. The maximum absolute atomic E-state index is 5.25. The molecule has 0 saturated heterocycles. The third-order valence-corrected chi connectivity index (χ3v) is 2.74. The molecule has 0 aliphatic heterocycles. The number of benzene rings is 1. The molecule has 1 atom stereocenters. The number of ether oxygens (including phenoxy) is 1. The minimum absolute atomic E-state index is 0.380. The largest absolute Gasteiger partial charge is 0.383 e. The summed E-state index contributed by atoms with van der Waals surface area (Å²) >= 11 is 0. The predicted molar refractivity (Wildman–Crippen MR) is 73.7 cm³/mol. The van der Waals surface area contributed by atoms with E-state index in [1.54, 1.807) is 7.11 Å². The van der Waals surface area contributed by atoms with Gasteiger partial charge in [-0.25, -0.2) is 0 Å². The molecule has 1 rings (SSSR count). The van der Waals surface area contributed by atoms with Gasteiger partial charge in [0.25, 0.3) is 0 Å². The highest BCUT2D eigenvalue weighted by Crippen LogP contribution is 2.11. The van der Waals surface area contributed by atoms with Gasteiger partial charge in [-0.3, -0.25) is 0 Å². The van der Waals surface area contributed by atoms with Gasteiger partial charge in [0.05, 0.1) is 6.61 Å². The average molecular weight is 236 g/mol. The molecule has 0 spiro atoms. The van der Waals surface area contributed by atoms with Crippen LogP contribution < -0.4 is 10.2 Å². The van der Waals surface area contributed by atoms with Gasteiger partial charge in [-0.2, -0.15) is 0 Å². The minimum Gasteiger partial charge on any atom is -0.383 e. The van der Waals surface area contributed by atoms with Crippen LogP contribution in [0.15, 0.2) is 30.3 Å². The molecule has 0 saturated carbocycles. The lowest BCUT2D eigenvalue weighted by Gasteiger charge is -2.26. The Morgan fingerprint density at radius 1 is 1.29 bits per heavy atom. The fraction of sp³-hybridized carbons (Fsp3) is 0.571. The normalized spacial score (nSPS) is 12.4. The summed E-state index contributed by atoms with van der Waals surface area (Å²) in [6.07, 6.45) is 1.15. The lowest BCUT2D eigenvalue weighted by Crippen LogP contribution is -2.43. The number of para-hydroxylation sites is 1. The van der Waals surface area contributed by atoms with E-state index in [1.807, 2.05) is 6.07 Å². The third kappa shape index (κ3) is 5.20. The van der Waals surface area contributed by atoms with Crippen molar-refractivity contribution in [3.8, 4) is 0 Å². The smallest absolute Gasteiger partial charge is 0.0633 e. The first kappa shape index (κ1) is 14.0. The zero-order valence-corrected chi connectivity index (χ0v) is 11.1. The molecule has 0 heterocycles. The van der Waals surface area contributed by atoms with Crippen molar-refractivity contribution in [3.63, 3.8) is 0 Å². The number of nitrogens with one attached hydrogen (secondary N) is 1. The number of hydrogen-bond acceptors (Lipinski definition) is 3. The van der Waals surface area contributed by atoms with Crippen LogP contribution >= 0.6 is 0 Å². The van der Waals surface area contributed by atoms with Crippen LogP contribution in [0.2, 0.25) is 0 Å². The van der Waals surface area contributed by atoms with Crippen molar-refractivity contribution >= 4 is 5.69 Å². The molecule has 1 unspecified atom stereocenters. The lowest BCUT2D eigenvalue weighted by molar-refractivity contribution is 0.168. The first-order valence-electron chi connectivity index (χ1n) is 6.26. The summed E-state index contributed by atoms with van der Waals surface area (Å²) < 4.78 is 5.25. The van der Waals surface area contributed by atoms with Crippen molar-refractivity contribution in [2.24, 2.45) is 0 Å². The molecule has 3 heteroatoms. The molecule has 0 aromatic heterocycles. The van der Waals surface area contributed by atoms with E-state index < -0.39 is 0 Å². The van der Waals surface area contributed by atoms with Crippen LogP contribution in [0.25, 0.3) is 0 Å². The number of nitrogens with zero attached hydrogens (tertiary/aromatic N) is 1. The lowest BCUT2D eigenvalue weighted by atomic mass is 10.2. The van der Waals surface area contributed by atoms with Crippen LogP contribution in [-0.4, -0.2) is 39.9 Å². The molecular formula is C14H24N2O. The first-order valence-corrected chi connectivity index (χ1v) is 6.26. The second-order valence-electron chi connectivity index (χ2n) is 4.32. The molecule has 0 fully saturated rings. The Labute approximate surface area is 105 Å². The highest BCUT2D eigenvalue weighted by atomic mass is 16.5. The van der Waals surface area contributed by atoms with Crippen molar-refractivity contribution in [3.05, 3.63) is 30.3 Å². The van der Waals surface area contributed by atoms with Gasteiger partial charge in [0.1, 0.15) is 0 Å². The fourth-order valence-corrected chi connectivity index (χ4v) is 1.84. The number of rotatable bonds is 8. The number of anilines is 1. The summed E-state index contributed by atoms with van der Waals surface area (Å²) in [5.41, 5.74) is 1.24. The molecular weight excluding hydrogens is 212 g/mol. The van der Waals surface area contributed by atoms with E-state index in [0.29, 0.717) is 6.04 Å². The Hall–Kier alpha value is -1.06.